The molecule has 4 heteroatoms. The van der Waals surface area contributed by atoms with Gasteiger partial charge in [-0.05, 0) is 44.2 Å². The van der Waals surface area contributed by atoms with Crippen LogP contribution in [-0.4, -0.2) is 25.1 Å². The molecule has 122 valence electrons. The summed E-state index contributed by atoms with van der Waals surface area (Å²) >= 11 is 0. The Balaban J connectivity index is 1.83. The van der Waals surface area contributed by atoms with E-state index >= 15 is 0 Å². The Morgan fingerprint density at radius 3 is 2.68 bits per heavy atom. The van der Waals surface area contributed by atoms with Gasteiger partial charge in [-0.2, -0.15) is 0 Å². The molecule has 0 aromatic heterocycles. The highest BCUT2D eigenvalue weighted by molar-refractivity contribution is 5.78. The zero-order valence-corrected chi connectivity index (χ0v) is 13.7. The first kappa shape index (κ1) is 16.8. The lowest BCUT2D eigenvalue weighted by Crippen LogP contribution is -2.47. The summed E-state index contributed by atoms with van der Waals surface area (Å²) in [6.45, 7) is 4.58. The van der Waals surface area contributed by atoms with Crippen LogP contribution in [0.15, 0.2) is 18.2 Å². The van der Waals surface area contributed by atoms with E-state index in [4.69, 9.17) is 10.5 Å². The zero-order chi connectivity index (χ0) is 15.9. The monoisotopic (exact) mass is 304 g/mol. The highest BCUT2D eigenvalue weighted by Gasteiger charge is 2.24. The molecule has 0 saturated heterocycles. The third-order valence-electron chi connectivity index (χ3n) is 4.51. The Morgan fingerprint density at radius 2 is 2.05 bits per heavy atom. The normalized spacial score (nSPS) is 17.0. The van der Waals surface area contributed by atoms with Gasteiger partial charge in [0, 0.05) is 12.6 Å². The molecule has 0 heterocycles. The topological polar surface area (TPSA) is 64.3 Å². The summed E-state index contributed by atoms with van der Waals surface area (Å²) in [5, 5.41) is 3.05. The smallest absolute Gasteiger partial charge is 0.258 e. The summed E-state index contributed by atoms with van der Waals surface area (Å²) < 4.78 is 5.63. The molecule has 0 bridgehead atoms. The number of aryl methyl sites for hydroxylation is 2. The van der Waals surface area contributed by atoms with Crippen LogP contribution >= 0.6 is 0 Å². The van der Waals surface area contributed by atoms with Gasteiger partial charge in [-0.25, -0.2) is 0 Å². The van der Waals surface area contributed by atoms with Crippen molar-refractivity contribution < 1.29 is 9.53 Å². The molecular weight excluding hydrogens is 276 g/mol. The van der Waals surface area contributed by atoms with Crippen molar-refractivity contribution in [3.8, 4) is 5.75 Å². The van der Waals surface area contributed by atoms with Crippen LogP contribution in [0.25, 0.3) is 0 Å². The van der Waals surface area contributed by atoms with E-state index < -0.39 is 0 Å². The second kappa shape index (κ2) is 8.18. The maximum atomic E-state index is 12.1. The molecule has 1 aliphatic carbocycles. The van der Waals surface area contributed by atoms with Gasteiger partial charge in [-0.1, -0.05) is 37.0 Å². The fourth-order valence-corrected chi connectivity index (χ4v) is 3.26. The van der Waals surface area contributed by atoms with E-state index in [1.54, 1.807) is 0 Å². The predicted molar refractivity (Wildman–Crippen MR) is 89.0 cm³/mol. The average Bonchev–Trinajstić information content (AvgIpc) is 2.52. The molecule has 1 unspecified atom stereocenters. The van der Waals surface area contributed by atoms with E-state index in [1.165, 1.54) is 37.7 Å². The standard InChI is InChI=1S/C18H28N2O2/c1-13-8-9-17(14(2)10-13)22-12-18(21)20-16(11-19)15-6-4-3-5-7-15/h8-10,15-16H,3-7,11-12,19H2,1-2H3,(H,20,21). The molecule has 22 heavy (non-hydrogen) atoms. The Labute approximate surface area is 133 Å². The molecule has 1 aliphatic rings. The number of nitrogens with two attached hydrogens (primary N) is 1. The number of ether oxygens (including phenoxy) is 1. The largest absolute Gasteiger partial charge is 0.484 e. The van der Waals surface area contributed by atoms with Crippen LogP contribution < -0.4 is 15.8 Å². The summed E-state index contributed by atoms with van der Waals surface area (Å²) in [5.41, 5.74) is 8.09. The van der Waals surface area contributed by atoms with Gasteiger partial charge in [-0.3, -0.25) is 4.79 Å². The van der Waals surface area contributed by atoms with E-state index in [-0.39, 0.29) is 18.6 Å². The maximum Gasteiger partial charge on any atom is 0.258 e. The van der Waals surface area contributed by atoms with Gasteiger partial charge in [0.15, 0.2) is 6.61 Å². The second-order valence-corrected chi connectivity index (χ2v) is 6.37. The number of hydrogen-bond donors (Lipinski definition) is 2. The molecule has 1 atom stereocenters. The summed E-state index contributed by atoms with van der Waals surface area (Å²) in [5.74, 6) is 1.20. The molecule has 1 amide bonds. The lowest BCUT2D eigenvalue weighted by molar-refractivity contribution is -0.124. The Hall–Kier alpha value is -1.55. The number of benzene rings is 1. The van der Waals surface area contributed by atoms with Gasteiger partial charge in [0.25, 0.3) is 5.91 Å². The maximum absolute atomic E-state index is 12.1. The summed E-state index contributed by atoms with van der Waals surface area (Å²) in [4.78, 5) is 12.1. The molecule has 0 spiro atoms. The molecule has 0 radical (unpaired) electrons. The number of hydrogen-bond acceptors (Lipinski definition) is 3. The molecule has 1 fully saturated rings. The Morgan fingerprint density at radius 1 is 1.32 bits per heavy atom. The van der Waals surface area contributed by atoms with Crippen LogP contribution in [0.4, 0.5) is 0 Å². The van der Waals surface area contributed by atoms with Crippen LogP contribution in [0.1, 0.15) is 43.2 Å². The number of rotatable bonds is 6. The van der Waals surface area contributed by atoms with E-state index in [2.05, 4.69) is 11.4 Å². The van der Waals surface area contributed by atoms with Crippen molar-refractivity contribution >= 4 is 5.91 Å². The zero-order valence-electron chi connectivity index (χ0n) is 13.7. The SMILES string of the molecule is Cc1ccc(OCC(=O)NC(CN)C2CCCCC2)c(C)c1. The Bertz CT molecular complexity index is 496. The van der Waals surface area contributed by atoms with Crippen LogP contribution in [-0.2, 0) is 4.79 Å². The molecule has 4 nitrogen and oxygen atoms in total. The lowest BCUT2D eigenvalue weighted by Gasteiger charge is -2.30. The van der Waals surface area contributed by atoms with E-state index in [0.29, 0.717) is 12.5 Å². The highest BCUT2D eigenvalue weighted by atomic mass is 16.5. The van der Waals surface area contributed by atoms with E-state index in [9.17, 15) is 4.79 Å². The van der Waals surface area contributed by atoms with Crippen LogP contribution in [0, 0.1) is 19.8 Å². The van der Waals surface area contributed by atoms with Gasteiger partial charge < -0.3 is 15.8 Å². The fourth-order valence-electron chi connectivity index (χ4n) is 3.26. The van der Waals surface area contributed by atoms with Crippen molar-refractivity contribution in [3.05, 3.63) is 29.3 Å². The van der Waals surface area contributed by atoms with E-state index in [1.807, 2.05) is 26.0 Å². The van der Waals surface area contributed by atoms with Crippen molar-refractivity contribution in [1.29, 1.82) is 0 Å². The minimum Gasteiger partial charge on any atom is -0.484 e. The first-order valence-electron chi connectivity index (χ1n) is 8.29. The number of amides is 1. The summed E-state index contributed by atoms with van der Waals surface area (Å²) in [6.07, 6.45) is 6.13. The molecule has 1 aromatic carbocycles. The van der Waals surface area contributed by atoms with E-state index in [0.717, 1.165) is 11.3 Å². The average molecular weight is 304 g/mol. The molecule has 0 aliphatic heterocycles. The van der Waals surface area contributed by atoms with Gasteiger partial charge in [0.1, 0.15) is 5.75 Å². The number of nitrogens with one attached hydrogen (secondary N) is 1. The van der Waals surface area contributed by atoms with Crippen LogP contribution in [0.2, 0.25) is 0 Å². The minimum absolute atomic E-state index is 0.0487. The molecule has 3 N–H and O–H groups in total. The molecule has 1 aromatic rings. The third kappa shape index (κ3) is 4.73. The van der Waals surface area contributed by atoms with Crippen molar-refractivity contribution in [1.82, 2.24) is 5.32 Å². The second-order valence-electron chi connectivity index (χ2n) is 6.37. The van der Waals surface area contributed by atoms with Crippen molar-refractivity contribution in [2.45, 2.75) is 52.0 Å². The molecule has 1 saturated carbocycles. The number of carbonyl (C=O) groups is 1. The van der Waals surface area contributed by atoms with Gasteiger partial charge in [0.05, 0.1) is 0 Å². The number of carbonyl (C=O) groups excluding carboxylic acids is 1. The third-order valence-corrected chi connectivity index (χ3v) is 4.51. The lowest BCUT2D eigenvalue weighted by atomic mass is 9.84. The fraction of sp³-hybridized carbons (Fsp3) is 0.611. The summed E-state index contributed by atoms with van der Waals surface area (Å²) in [6, 6.07) is 6.04. The summed E-state index contributed by atoms with van der Waals surface area (Å²) in [7, 11) is 0. The Kier molecular flexibility index (Phi) is 6.25. The highest BCUT2D eigenvalue weighted by Crippen LogP contribution is 2.26. The van der Waals surface area contributed by atoms with Crippen molar-refractivity contribution in [3.63, 3.8) is 0 Å². The first-order valence-corrected chi connectivity index (χ1v) is 8.29. The first-order chi connectivity index (χ1) is 10.6. The van der Waals surface area contributed by atoms with Gasteiger partial charge in [0.2, 0.25) is 0 Å². The van der Waals surface area contributed by atoms with Crippen molar-refractivity contribution in [2.24, 2.45) is 11.7 Å². The predicted octanol–water partition coefficient (Wildman–Crippen LogP) is 2.71. The van der Waals surface area contributed by atoms with Crippen LogP contribution in [0.5, 0.6) is 5.75 Å². The van der Waals surface area contributed by atoms with Crippen molar-refractivity contribution in [2.75, 3.05) is 13.2 Å². The molecular formula is C18H28N2O2. The van der Waals surface area contributed by atoms with Crippen LogP contribution in [0.3, 0.4) is 0 Å². The van der Waals surface area contributed by atoms with Gasteiger partial charge >= 0.3 is 0 Å². The molecule has 2 rings (SSSR count). The quantitative estimate of drug-likeness (QED) is 0.849. The van der Waals surface area contributed by atoms with Gasteiger partial charge in [-0.15, -0.1) is 0 Å². The minimum atomic E-state index is -0.0824.